The van der Waals surface area contributed by atoms with E-state index in [4.69, 9.17) is 10.5 Å². The second-order valence-electron chi connectivity index (χ2n) is 3.20. The third-order valence-electron chi connectivity index (χ3n) is 2.03. The van der Waals surface area contributed by atoms with Crippen LogP contribution < -0.4 is 10.5 Å². The molecule has 4 nitrogen and oxygen atoms in total. The van der Waals surface area contributed by atoms with Gasteiger partial charge in [0.15, 0.2) is 0 Å². The second kappa shape index (κ2) is 3.57. The zero-order valence-corrected chi connectivity index (χ0v) is 8.08. The van der Waals surface area contributed by atoms with Gasteiger partial charge in [-0.3, -0.25) is 5.10 Å². The van der Waals surface area contributed by atoms with E-state index in [2.05, 4.69) is 17.1 Å². The molecule has 0 saturated heterocycles. The first-order valence-corrected chi connectivity index (χ1v) is 4.66. The van der Waals surface area contributed by atoms with E-state index in [0.29, 0.717) is 12.3 Å². The molecule has 2 aromatic rings. The number of benzene rings is 1. The molecule has 0 saturated carbocycles. The van der Waals surface area contributed by atoms with E-state index in [1.165, 1.54) is 0 Å². The summed E-state index contributed by atoms with van der Waals surface area (Å²) in [5.74, 6) is 0.726. The maximum Gasteiger partial charge on any atom is 0.144 e. The first-order chi connectivity index (χ1) is 6.81. The number of fused-ring (bicyclic) bond motifs is 1. The fourth-order valence-corrected chi connectivity index (χ4v) is 1.33. The van der Waals surface area contributed by atoms with Crippen molar-refractivity contribution < 1.29 is 4.74 Å². The summed E-state index contributed by atoms with van der Waals surface area (Å²) in [5.41, 5.74) is 7.43. The van der Waals surface area contributed by atoms with Gasteiger partial charge in [0.2, 0.25) is 0 Å². The van der Waals surface area contributed by atoms with Crippen LogP contribution in [0, 0.1) is 0 Å². The number of aromatic nitrogens is 2. The summed E-state index contributed by atoms with van der Waals surface area (Å²) in [7, 11) is 0. The highest BCUT2D eigenvalue weighted by molar-refractivity contribution is 5.84. The lowest BCUT2D eigenvalue weighted by molar-refractivity contribution is 0.319. The molecule has 0 aliphatic rings. The van der Waals surface area contributed by atoms with Gasteiger partial charge in [-0.1, -0.05) is 6.92 Å². The largest absolute Gasteiger partial charge is 0.491 e. The molecule has 1 heterocycles. The van der Waals surface area contributed by atoms with Crippen LogP contribution in [0.3, 0.4) is 0 Å². The minimum atomic E-state index is 0.660. The quantitative estimate of drug-likeness (QED) is 0.728. The molecule has 1 aromatic carbocycles. The molecule has 0 aliphatic heterocycles. The molecule has 3 N–H and O–H groups in total. The van der Waals surface area contributed by atoms with Crippen molar-refractivity contribution in [2.75, 3.05) is 12.3 Å². The number of rotatable bonds is 3. The average molecular weight is 191 g/mol. The van der Waals surface area contributed by atoms with Crippen molar-refractivity contribution in [2.24, 2.45) is 0 Å². The lowest BCUT2D eigenvalue weighted by Gasteiger charge is -2.07. The first kappa shape index (κ1) is 8.87. The van der Waals surface area contributed by atoms with E-state index in [0.717, 1.165) is 23.1 Å². The van der Waals surface area contributed by atoms with Crippen molar-refractivity contribution in [1.29, 1.82) is 0 Å². The molecule has 0 atom stereocenters. The molecule has 0 radical (unpaired) electrons. The maximum atomic E-state index is 5.82. The van der Waals surface area contributed by atoms with Crippen LogP contribution >= 0.6 is 0 Å². The fraction of sp³-hybridized carbons (Fsp3) is 0.300. The average Bonchev–Trinajstić information content (AvgIpc) is 2.61. The number of anilines is 1. The van der Waals surface area contributed by atoms with Crippen LogP contribution in [0.4, 0.5) is 5.69 Å². The summed E-state index contributed by atoms with van der Waals surface area (Å²) in [6, 6.07) is 3.75. The summed E-state index contributed by atoms with van der Waals surface area (Å²) in [6.45, 7) is 2.74. The summed E-state index contributed by atoms with van der Waals surface area (Å²) in [6.07, 6.45) is 2.72. The Hall–Kier alpha value is -1.71. The minimum Gasteiger partial charge on any atom is -0.491 e. The maximum absolute atomic E-state index is 5.82. The zero-order valence-electron chi connectivity index (χ0n) is 8.08. The third kappa shape index (κ3) is 1.51. The SMILES string of the molecule is CCCOc1cc2[nH]ncc2cc1N. The van der Waals surface area contributed by atoms with Crippen molar-refractivity contribution in [2.45, 2.75) is 13.3 Å². The molecule has 0 unspecified atom stereocenters. The van der Waals surface area contributed by atoms with Gasteiger partial charge < -0.3 is 10.5 Å². The molecule has 0 aliphatic carbocycles. The van der Waals surface area contributed by atoms with E-state index in [9.17, 15) is 0 Å². The van der Waals surface area contributed by atoms with Crippen LogP contribution in [0.1, 0.15) is 13.3 Å². The Morgan fingerprint density at radius 2 is 2.36 bits per heavy atom. The Morgan fingerprint density at radius 1 is 1.50 bits per heavy atom. The number of nitrogen functional groups attached to an aromatic ring is 1. The van der Waals surface area contributed by atoms with E-state index >= 15 is 0 Å². The number of aromatic amines is 1. The highest BCUT2D eigenvalue weighted by Gasteiger charge is 2.03. The topological polar surface area (TPSA) is 63.9 Å². The molecule has 0 spiro atoms. The summed E-state index contributed by atoms with van der Waals surface area (Å²) < 4.78 is 5.49. The Morgan fingerprint density at radius 3 is 3.14 bits per heavy atom. The predicted molar refractivity (Wildman–Crippen MR) is 56.3 cm³/mol. The van der Waals surface area contributed by atoms with Crippen LogP contribution in [0.15, 0.2) is 18.3 Å². The highest BCUT2D eigenvalue weighted by atomic mass is 16.5. The molecule has 2 rings (SSSR count). The van der Waals surface area contributed by atoms with Crippen LogP contribution in [0.2, 0.25) is 0 Å². The lowest BCUT2D eigenvalue weighted by atomic mass is 10.2. The van der Waals surface area contributed by atoms with Crippen LogP contribution in [0.25, 0.3) is 10.9 Å². The van der Waals surface area contributed by atoms with E-state index in [1.54, 1.807) is 6.20 Å². The number of hydrogen-bond acceptors (Lipinski definition) is 3. The lowest BCUT2D eigenvalue weighted by Crippen LogP contribution is -1.98. The molecule has 1 aromatic heterocycles. The van der Waals surface area contributed by atoms with Crippen LogP contribution in [-0.2, 0) is 0 Å². The van der Waals surface area contributed by atoms with Gasteiger partial charge in [-0.05, 0) is 12.5 Å². The zero-order chi connectivity index (χ0) is 9.97. The Bertz CT molecular complexity index is 436. The molecule has 4 heteroatoms. The number of ether oxygens (including phenoxy) is 1. The van der Waals surface area contributed by atoms with Crippen LogP contribution in [-0.4, -0.2) is 16.8 Å². The number of hydrogen-bond donors (Lipinski definition) is 2. The third-order valence-corrected chi connectivity index (χ3v) is 2.03. The van der Waals surface area contributed by atoms with Crippen molar-refractivity contribution in [1.82, 2.24) is 10.2 Å². The van der Waals surface area contributed by atoms with Crippen molar-refractivity contribution in [3.63, 3.8) is 0 Å². The number of nitrogens with one attached hydrogen (secondary N) is 1. The molecule has 0 fully saturated rings. The summed E-state index contributed by atoms with van der Waals surface area (Å²) in [4.78, 5) is 0. The van der Waals surface area contributed by atoms with E-state index in [-0.39, 0.29) is 0 Å². The smallest absolute Gasteiger partial charge is 0.144 e. The van der Waals surface area contributed by atoms with Gasteiger partial charge >= 0.3 is 0 Å². The number of nitrogens with two attached hydrogens (primary N) is 1. The van der Waals surface area contributed by atoms with Crippen LogP contribution in [0.5, 0.6) is 5.75 Å². The normalized spacial score (nSPS) is 10.6. The number of nitrogens with zero attached hydrogens (tertiary/aromatic N) is 1. The summed E-state index contributed by atoms with van der Waals surface area (Å²) >= 11 is 0. The number of H-pyrrole nitrogens is 1. The molecule has 0 amide bonds. The Balaban J connectivity index is 2.38. The Kier molecular flexibility index (Phi) is 2.26. The standard InChI is InChI=1S/C10H13N3O/c1-2-3-14-10-5-9-7(4-8(10)11)6-12-13-9/h4-6H,2-3,11H2,1H3,(H,12,13). The van der Waals surface area contributed by atoms with Gasteiger partial charge in [0.25, 0.3) is 0 Å². The molecule has 14 heavy (non-hydrogen) atoms. The van der Waals surface area contributed by atoms with E-state index < -0.39 is 0 Å². The van der Waals surface area contributed by atoms with Gasteiger partial charge in [0.1, 0.15) is 5.75 Å². The highest BCUT2D eigenvalue weighted by Crippen LogP contribution is 2.26. The van der Waals surface area contributed by atoms with Gasteiger partial charge in [0.05, 0.1) is 24.0 Å². The van der Waals surface area contributed by atoms with E-state index in [1.807, 2.05) is 12.1 Å². The van der Waals surface area contributed by atoms with Crippen molar-refractivity contribution in [3.05, 3.63) is 18.3 Å². The monoisotopic (exact) mass is 191 g/mol. The van der Waals surface area contributed by atoms with Crippen molar-refractivity contribution >= 4 is 16.6 Å². The summed E-state index contributed by atoms with van der Waals surface area (Å²) in [5, 5.41) is 7.81. The molecule has 74 valence electrons. The Labute approximate surface area is 82.1 Å². The predicted octanol–water partition coefficient (Wildman–Crippen LogP) is 1.93. The van der Waals surface area contributed by atoms with Gasteiger partial charge in [-0.25, -0.2) is 0 Å². The molecular formula is C10H13N3O. The van der Waals surface area contributed by atoms with Crippen molar-refractivity contribution in [3.8, 4) is 5.75 Å². The fourth-order valence-electron chi connectivity index (χ4n) is 1.33. The van der Waals surface area contributed by atoms with Gasteiger partial charge in [-0.15, -0.1) is 0 Å². The molecular weight excluding hydrogens is 178 g/mol. The second-order valence-corrected chi connectivity index (χ2v) is 3.20. The first-order valence-electron chi connectivity index (χ1n) is 4.66. The minimum absolute atomic E-state index is 0.660. The van der Waals surface area contributed by atoms with Gasteiger partial charge in [0, 0.05) is 11.5 Å². The van der Waals surface area contributed by atoms with Gasteiger partial charge in [-0.2, -0.15) is 5.10 Å². The molecule has 0 bridgehead atoms.